The number of benzene rings is 1. The molecule has 0 radical (unpaired) electrons. The average molecular weight is 276 g/mol. The van der Waals surface area contributed by atoms with Crippen molar-refractivity contribution in [1.82, 2.24) is 10.2 Å². The Morgan fingerprint density at radius 2 is 2.25 bits per heavy atom. The summed E-state index contributed by atoms with van der Waals surface area (Å²) in [5, 5.41) is 3.40. The number of hydrogen-bond donors (Lipinski definition) is 1. The minimum atomic E-state index is 0.251. The van der Waals surface area contributed by atoms with Crippen molar-refractivity contribution in [3.05, 3.63) is 29.3 Å². The van der Waals surface area contributed by atoms with E-state index in [9.17, 15) is 4.79 Å². The van der Waals surface area contributed by atoms with Crippen molar-refractivity contribution in [2.45, 2.75) is 39.3 Å². The summed E-state index contributed by atoms with van der Waals surface area (Å²) in [4.78, 5) is 13.7. The van der Waals surface area contributed by atoms with Gasteiger partial charge in [0.1, 0.15) is 5.75 Å². The highest BCUT2D eigenvalue weighted by Crippen LogP contribution is 2.23. The van der Waals surface area contributed by atoms with Gasteiger partial charge in [0.25, 0.3) is 0 Å². The van der Waals surface area contributed by atoms with Gasteiger partial charge in [-0.25, -0.2) is 0 Å². The molecule has 4 heteroatoms. The second-order valence-electron chi connectivity index (χ2n) is 5.24. The highest BCUT2D eigenvalue weighted by Gasteiger charge is 2.21. The van der Waals surface area contributed by atoms with Crippen LogP contribution in [0.4, 0.5) is 0 Å². The molecule has 1 N–H and O–H groups in total. The van der Waals surface area contributed by atoms with Gasteiger partial charge < -0.3 is 15.0 Å². The van der Waals surface area contributed by atoms with Gasteiger partial charge in [0, 0.05) is 31.6 Å². The third-order valence-corrected chi connectivity index (χ3v) is 3.63. The van der Waals surface area contributed by atoms with Gasteiger partial charge in [-0.2, -0.15) is 0 Å². The fourth-order valence-corrected chi connectivity index (χ4v) is 2.55. The van der Waals surface area contributed by atoms with Crippen LogP contribution in [0.5, 0.6) is 5.75 Å². The second-order valence-corrected chi connectivity index (χ2v) is 5.24. The van der Waals surface area contributed by atoms with Gasteiger partial charge in [-0.1, -0.05) is 13.0 Å². The maximum atomic E-state index is 11.7. The number of methoxy groups -OCH3 is 1. The molecule has 0 bridgehead atoms. The van der Waals surface area contributed by atoms with E-state index >= 15 is 0 Å². The molecule has 1 aromatic carbocycles. The third kappa shape index (κ3) is 3.73. The Balaban J connectivity index is 2.07. The zero-order chi connectivity index (χ0) is 14.4. The van der Waals surface area contributed by atoms with Crippen LogP contribution in [0.25, 0.3) is 0 Å². The van der Waals surface area contributed by atoms with Crippen molar-refractivity contribution in [3.8, 4) is 5.75 Å². The maximum absolute atomic E-state index is 11.7. The molecule has 0 unspecified atom stereocenters. The first kappa shape index (κ1) is 14.9. The van der Waals surface area contributed by atoms with Crippen LogP contribution in [-0.4, -0.2) is 31.0 Å². The van der Waals surface area contributed by atoms with E-state index in [1.165, 1.54) is 5.56 Å². The smallest absolute Gasteiger partial charge is 0.222 e. The summed E-state index contributed by atoms with van der Waals surface area (Å²) >= 11 is 0. The van der Waals surface area contributed by atoms with Gasteiger partial charge >= 0.3 is 0 Å². The van der Waals surface area contributed by atoms with E-state index < -0.39 is 0 Å². The first-order valence-electron chi connectivity index (χ1n) is 7.39. The van der Waals surface area contributed by atoms with Gasteiger partial charge in [-0.3, -0.25) is 4.79 Å². The zero-order valence-corrected chi connectivity index (χ0v) is 12.4. The topological polar surface area (TPSA) is 41.6 Å². The molecule has 110 valence electrons. The van der Waals surface area contributed by atoms with Crippen molar-refractivity contribution in [2.75, 3.05) is 20.2 Å². The lowest BCUT2D eigenvalue weighted by Crippen LogP contribution is -2.24. The van der Waals surface area contributed by atoms with Gasteiger partial charge in [0.15, 0.2) is 0 Å². The van der Waals surface area contributed by atoms with E-state index in [1.807, 2.05) is 11.0 Å². The number of hydrogen-bond acceptors (Lipinski definition) is 3. The molecular weight excluding hydrogens is 252 g/mol. The summed E-state index contributed by atoms with van der Waals surface area (Å²) in [6.07, 6.45) is 2.78. The zero-order valence-electron chi connectivity index (χ0n) is 12.4. The summed E-state index contributed by atoms with van der Waals surface area (Å²) in [7, 11) is 1.68. The molecule has 1 aliphatic heterocycles. The van der Waals surface area contributed by atoms with Crippen molar-refractivity contribution in [3.63, 3.8) is 0 Å². The summed E-state index contributed by atoms with van der Waals surface area (Å²) in [5.74, 6) is 1.12. The SMILES string of the molecule is CCCNCc1ccc(OC)c(CN2CCCC2=O)c1. The lowest BCUT2D eigenvalue weighted by Gasteiger charge is -2.18. The molecule has 1 amide bonds. The van der Waals surface area contributed by atoms with Gasteiger partial charge in [0.05, 0.1) is 7.11 Å². The largest absolute Gasteiger partial charge is 0.496 e. The Bertz CT molecular complexity index is 460. The van der Waals surface area contributed by atoms with Crippen LogP contribution in [0, 0.1) is 0 Å². The highest BCUT2D eigenvalue weighted by molar-refractivity contribution is 5.78. The van der Waals surface area contributed by atoms with Crippen molar-refractivity contribution >= 4 is 5.91 Å². The maximum Gasteiger partial charge on any atom is 0.222 e. The molecule has 1 aromatic rings. The molecule has 1 aliphatic rings. The number of ether oxygens (including phenoxy) is 1. The van der Waals surface area contributed by atoms with Gasteiger partial charge in [-0.05, 0) is 37.1 Å². The van der Waals surface area contributed by atoms with Crippen molar-refractivity contribution in [2.24, 2.45) is 0 Å². The predicted octanol–water partition coefficient (Wildman–Crippen LogP) is 2.32. The predicted molar refractivity (Wildman–Crippen MR) is 79.6 cm³/mol. The van der Waals surface area contributed by atoms with E-state index in [2.05, 4.69) is 24.4 Å². The number of carbonyl (C=O) groups excluding carboxylic acids is 1. The minimum Gasteiger partial charge on any atom is -0.496 e. The van der Waals surface area contributed by atoms with Crippen LogP contribution in [0.1, 0.15) is 37.3 Å². The molecule has 4 nitrogen and oxygen atoms in total. The summed E-state index contributed by atoms with van der Waals surface area (Å²) < 4.78 is 5.41. The van der Waals surface area contributed by atoms with E-state index in [0.717, 1.165) is 43.8 Å². The van der Waals surface area contributed by atoms with Gasteiger partial charge in [-0.15, -0.1) is 0 Å². The van der Waals surface area contributed by atoms with E-state index in [4.69, 9.17) is 4.74 Å². The average Bonchev–Trinajstić information content (AvgIpc) is 2.85. The molecule has 1 fully saturated rings. The summed E-state index contributed by atoms with van der Waals surface area (Å²) in [5.41, 5.74) is 2.33. The Morgan fingerprint density at radius 3 is 2.90 bits per heavy atom. The Hall–Kier alpha value is -1.55. The Morgan fingerprint density at radius 1 is 1.40 bits per heavy atom. The van der Waals surface area contributed by atoms with Crippen LogP contribution < -0.4 is 10.1 Å². The Kier molecular flexibility index (Phi) is 5.41. The van der Waals surface area contributed by atoms with Gasteiger partial charge in [0.2, 0.25) is 5.91 Å². The lowest BCUT2D eigenvalue weighted by atomic mass is 10.1. The van der Waals surface area contributed by atoms with E-state index in [1.54, 1.807) is 7.11 Å². The number of carbonyl (C=O) groups is 1. The quantitative estimate of drug-likeness (QED) is 0.777. The molecule has 0 spiro atoms. The normalized spacial score (nSPS) is 14.9. The monoisotopic (exact) mass is 276 g/mol. The fourth-order valence-electron chi connectivity index (χ4n) is 2.55. The number of amides is 1. The molecule has 2 rings (SSSR count). The van der Waals surface area contributed by atoms with Crippen LogP contribution >= 0.6 is 0 Å². The lowest BCUT2D eigenvalue weighted by molar-refractivity contribution is -0.128. The van der Waals surface area contributed by atoms with E-state index in [0.29, 0.717) is 13.0 Å². The molecule has 0 saturated carbocycles. The van der Waals surface area contributed by atoms with E-state index in [-0.39, 0.29) is 5.91 Å². The van der Waals surface area contributed by atoms with Crippen LogP contribution in [0.3, 0.4) is 0 Å². The Labute approximate surface area is 121 Å². The molecular formula is C16H24N2O2. The third-order valence-electron chi connectivity index (χ3n) is 3.63. The molecule has 20 heavy (non-hydrogen) atoms. The van der Waals surface area contributed by atoms with Crippen LogP contribution in [-0.2, 0) is 17.9 Å². The fraction of sp³-hybridized carbons (Fsp3) is 0.562. The number of nitrogens with zero attached hydrogens (tertiary/aromatic N) is 1. The van der Waals surface area contributed by atoms with Crippen molar-refractivity contribution in [1.29, 1.82) is 0 Å². The molecule has 0 atom stereocenters. The summed E-state index contributed by atoms with van der Waals surface area (Å²) in [6.45, 7) is 5.56. The molecule has 1 heterocycles. The standard InChI is InChI=1S/C16H24N2O2/c1-3-8-17-11-13-6-7-15(20-2)14(10-13)12-18-9-4-5-16(18)19/h6-7,10,17H,3-5,8-9,11-12H2,1-2H3. The molecule has 1 saturated heterocycles. The first-order valence-corrected chi connectivity index (χ1v) is 7.39. The number of likely N-dealkylation sites (tertiary alicyclic amines) is 1. The number of rotatable bonds is 7. The van der Waals surface area contributed by atoms with Crippen LogP contribution in [0.2, 0.25) is 0 Å². The second kappa shape index (κ2) is 7.29. The number of nitrogens with one attached hydrogen (secondary N) is 1. The summed E-state index contributed by atoms with van der Waals surface area (Å²) in [6, 6.07) is 6.22. The molecule has 0 aromatic heterocycles. The molecule has 0 aliphatic carbocycles. The highest BCUT2D eigenvalue weighted by atomic mass is 16.5. The van der Waals surface area contributed by atoms with Crippen LogP contribution in [0.15, 0.2) is 18.2 Å². The first-order chi connectivity index (χ1) is 9.74. The van der Waals surface area contributed by atoms with Crippen molar-refractivity contribution < 1.29 is 9.53 Å². The minimum absolute atomic E-state index is 0.251.